The number of thiophene rings is 2. The molecule has 0 saturated heterocycles. The van der Waals surface area contributed by atoms with Crippen LogP contribution in [0.4, 0.5) is 0 Å². The maximum absolute atomic E-state index is 13.0. The molecule has 0 aliphatic carbocycles. The van der Waals surface area contributed by atoms with Gasteiger partial charge in [0.25, 0.3) is 0 Å². The first-order chi connectivity index (χ1) is 13.6. The SMILES string of the molecule is Cc1ccsc1/C=C1\Oc2c(cc3c(c2C)OCN(Cc2cccs2)C3)C1=O. The number of fused-ring (bicyclic) bond motifs is 2. The predicted octanol–water partition coefficient (Wildman–Crippen LogP) is 5.39. The fourth-order valence-electron chi connectivity index (χ4n) is 3.67. The van der Waals surface area contributed by atoms with Crippen LogP contribution in [0.2, 0.25) is 0 Å². The van der Waals surface area contributed by atoms with Crippen molar-refractivity contribution >= 4 is 34.5 Å². The molecule has 1 aromatic carbocycles. The molecule has 4 heterocycles. The molecule has 0 amide bonds. The Balaban J connectivity index is 1.46. The highest BCUT2D eigenvalue weighted by Crippen LogP contribution is 2.43. The van der Waals surface area contributed by atoms with E-state index in [1.165, 1.54) is 4.88 Å². The summed E-state index contributed by atoms with van der Waals surface area (Å²) in [5.41, 5.74) is 3.74. The summed E-state index contributed by atoms with van der Waals surface area (Å²) >= 11 is 3.36. The fourth-order valence-corrected chi connectivity index (χ4v) is 5.27. The van der Waals surface area contributed by atoms with Crippen LogP contribution >= 0.6 is 22.7 Å². The minimum absolute atomic E-state index is 0.0518. The number of Topliss-reactive ketones (excluding diaryl/α,β-unsaturated/α-hetero) is 1. The number of aryl methyl sites for hydroxylation is 1. The molecular formula is C22H19NO3S2. The highest BCUT2D eigenvalue weighted by molar-refractivity contribution is 7.11. The van der Waals surface area contributed by atoms with E-state index in [4.69, 9.17) is 9.47 Å². The molecule has 28 heavy (non-hydrogen) atoms. The summed E-state index contributed by atoms with van der Waals surface area (Å²) in [4.78, 5) is 17.6. The number of hydrogen-bond donors (Lipinski definition) is 0. The summed E-state index contributed by atoms with van der Waals surface area (Å²) in [6, 6.07) is 8.19. The van der Waals surface area contributed by atoms with Crippen molar-refractivity contribution < 1.29 is 14.3 Å². The average Bonchev–Trinajstić information content (AvgIpc) is 3.40. The van der Waals surface area contributed by atoms with Crippen LogP contribution in [0.25, 0.3) is 6.08 Å². The summed E-state index contributed by atoms with van der Waals surface area (Å²) in [5, 5.41) is 4.11. The summed E-state index contributed by atoms with van der Waals surface area (Å²) in [7, 11) is 0. The lowest BCUT2D eigenvalue weighted by Gasteiger charge is -2.30. The van der Waals surface area contributed by atoms with E-state index in [0.29, 0.717) is 23.8 Å². The number of ketones is 1. The predicted molar refractivity (Wildman–Crippen MR) is 112 cm³/mol. The molecule has 0 unspecified atom stereocenters. The highest BCUT2D eigenvalue weighted by Gasteiger charge is 2.33. The van der Waals surface area contributed by atoms with Gasteiger partial charge in [0.15, 0.2) is 5.76 Å². The standard InChI is InChI=1S/C22H19NO3S2/c1-13-5-7-28-19(13)9-18-20(24)17-8-15-10-23(11-16-4-3-6-27-16)12-25-21(15)14(2)22(17)26-18/h3-9H,10-12H2,1-2H3/b18-9-. The van der Waals surface area contributed by atoms with E-state index in [-0.39, 0.29) is 5.78 Å². The van der Waals surface area contributed by atoms with Crippen molar-refractivity contribution in [1.82, 2.24) is 4.90 Å². The third kappa shape index (κ3) is 2.98. The van der Waals surface area contributed by atoms with Crippen LogP contribution in [0.1, 0.15) is 36.8 Å². The van der Waals surface area contributed by atoms with Crippen molar-refractivity contribution in [2.24, 2.45) is 0 Å². The van der Waals surface area contributed by atoms with Crippen LogP contribution in [-0.2, 0) is 13.1 Å². The molecule has 0 saturated carbocycles. The van der Waals surface area contributed by atoms with Gasteiger partial charge in [0.2, 0.25) is 5.78 Å². The lowest BCUT2D eigenvalue weighted by atomic mass is 10.00. The molecule has 3 aromatic rings. The molecule has 5 rings (SSSR count). The minimum atomic E-state index is -0.0518. The molecule has 4 nitrogen and oxygen atoms in total. The molecule has 0 bridgehead atoms. The van der Waals surface area contributed by atoms with E-state index >= 15 is 0 Å². The van der Waals surface area contributed by atoms with Gasteiger partial charge in [-0.15, -0.1) is 22.7 Å². The first-order valence-electron chi connectivity index (χ1n) is 9.12. The normalized spacial score (nSPS) is 17.4. The first kappa shape index (κ1) is 17.7. The van der Waals surface area contributed by atoms with Gasteiger partial charge < -0.3 is 9.47 Å². The van der Waals surface area contributed by atoms with Gasteiger partial charge in [-0.25, -0.2) is 0 Å². The molecule has 0 fully saturated rings. The van der Waals surface area contributed by atoms with Gasteiger partial charge >= 0.3 is 0 Å². The summed E-state index contributed by atoms with van der Waals surface area (Å²) in [6.45, 7) is 6.16. The molecular weight excluding hydrogens is 390 g/mol. The number of hydrogen-bond acceptors (Lipinski definition) is 6. The molecule has 2 aliphatic heterocycles. The molecule has 142 valence electrons. The van der Waals surface area contributed by atoms with Gasteiger partial charge in [0.05, 0.1) is 5.56 Å². The number of carbonyl (C=O) groups is 1. The number of rotatable bonds is 3. The van der Waals surface area contributed by atoms with Crippen LogP contribution in [0.5, 0.6) is 11.5 Å². The van der Waals surface area contributed by atoms with Gasteiger partial charge in [-0.05, 0) is 48.4 Å². The maximum Gasteiger partial charge on any atom is 0.232 e. The Hall–Kier alpha value is -2.41. The van der Waals surface area contributed by atoms with Crippen molar-refractivity contribution in [3.63, 3.8) is 0 Å². The van der Waals surface area contributed by atoms with Gasteiger partial charge in [-0.3, -0.25) is 9.69 Å². The zero-order valence-corrected chi connectivity index (χ0v) is 17.3. The quantitative estimate of drug-likeness (QED) is 0.543. The van der Waals surface area contributed by atoms with Crippen LogP contribution in [0, 0.1) is 13.8 Å². The Morgan fingerprint density at radius 2 is 2.07 bits per heavy atom. The Morgan fingerprint density at radius 3 is 2.82 bits per heavy atom. The first-order valence-corrected chi connectivity index (χ1v) is 10.9. The van der Waals surface area contributed by atoms with Gasteiger partial charge in [0.1, 0.15) is 18.2 Å². The van der Waals surface area contributed by atoms with Crippen molar-refractivity contribution in [3.05, 3.63) is 72.8 Å². The maximum atomic E-state index is 13.0. The molecule has 0 spiro atoms. The fraction of sp³-hybridized carbons (Fsp3) is 0.227. The van der Waals surface area contributed by atoms with Gasteiger partial charge in [0, 0.05) is 40.0 Å². The topological polar surface area (TPSA) is 38.8 Å². The summed E-state index contributed by atoms with van der Waals surface area (Å²) < 4.78 is 12.0. The zero-order valence-electron chi connectivity index (χ0n) is 15.7. The summed E-state index contributed by atoms with van der Waals surface area (Å²) in [5.74, 6) is 1.82. The molecule has 2 aliphatic rings. The van der Waals surface area contributed by atoms with Crippen molar-refractivity contribution in [2.75, 3.05) is 6.73 Å². The van der Waals surface area contributed by atoms with E-state index in [1.807, 2.05) is 37.4 Å². The number of ether oxygens (including phenoxy) is 2. The average molecular weight is 410 g/mol. The number of carbonyl (C=O) groups excluding carboxylic acids is 1. The summed E-state index contributed by atoms with van der Waals surface area (Å²) in [6.07, 6.45) is 1.85. The number of allylic oxidation sites excluding steroid dienone is 1. The lowest BCUT2D eigenvalue weighted by molar-refractivity contribution is 0.0886. The second kappa shape index (κ2) is 6.88. The van der Waals surface area contributed by atoms with Crippen LogP contribution in [-0.4, -0.2) is 17.4 Å². The largest absolute Gasteiger partial charge is 0.477 e. The van der Waals surface area contributed by atoms with Crippen molar-refractivity contribution in [3.8, 4) is 11.5 Å². The van der Waals surface area contributed by atoms with E-state index in [2.05, 4.69) is 22.4 Å². The lowest BCUT2D eigenvalue weighted by Crippen LogP contribution is -2.31. The highest BCUT2D eigenvalue weighted by atomic mass is 32.1. The third-order valence-electron chi connectivity index (χ3n) is 5.13. The Labute approximate surface area is 171 Å². The second-order valence-corrected chi connectivity index (χ2v) is 9.09. The Morgan fingerprint density at radius 1 is 1.18 bits per heavy atom. The number of nitrogens with zero attached hydrogens (tertiary/aromatic N) is 1. The second-order valence-electron chi connectivity index (χ2n) is 7.11. The van der Waals surface area contributed by atoms with E-state index in [1.54, 1.807) is 22.7 Å². The molecule has 6 heteroatoms. The van der Waals surface area contributed by atoms with Crippen molar-refractivity contribution in [1.29, 1.82) is 0 Å². The number of benzene rings is 1. The van der Waals surface area contributed by atoms with Crippen LogP contribution in [0.3, 0.4) is 0 Å². The molecule has 0 radical (unpaired) electrons. The van der Waals surface area contributed by atoms with Gasteiger partial charge in [-0.1, -0.05) is 6.07 Å². The Bertz CT molecular complexity index is 1100. The molecule has 0 atom stereocenters. The minimum Gasteiger partial charge on any atom is -0.477 e. The Kier molecular flexibility index (Phi) is 4.34. The smallest absolute Gasteiger partial charge is 0.232 e. The van der Waals surface area contributed by atoms with E-state index in [0.717, 1.165) is 40.4 Å². The third-order valence-corrected chi connectivity index (χ3v) is 6.95. The van der Waals surface area contributed by atoms with Crippen molar-refractivity contribution in [2.45, 2.75) is 26.9 Å². The zero-order chi connectivity index (χ0) is 19.3. The van der Waals surface area contributed by atoms with E-state index < -0.39 is 0 Å². The van der Waals surface area contributed by atoms with Crippen LogP contribution < -0.4 is 9.47 Å². The van der Waals surface area contributed by atoms with Gasteiger partial charge in [-0.2, -0.15) is 0 Å². The van der Waals surface area contributed by atoms with E-state index in [9.17, 15) is 4.79 Å². The van der Waals surface area contributed by atoms with Crippen LogP contribution in [0.15, 0.2) is 40.8 Å². The molecule has 0 N–H and O–H groups in total. The monoisotopic (exact) mass is 409 g/mol. The molecule has 2 aromatic heterocycles.